The molecule has 184 valence electrons. The fraction of sp³-hybridized carbons (Fsp3) is 0.321. The van der Waals surface area contributed by atoms with Crippen molar-refractivity contribution in [3.8, 4) is 11.4 Å². The van der Waals surface area contributed by atoms with Gasteiger partial charge in [-0.1, -0.05) is 60.1 Å². The van der Waals surface area contributed by atoms with Gasteiger partial charge in [-0.3, -0.25) is 4.99 Å². The summed E-state index contributed by atoms with van der Waals surface area (Å²) in [4.78, 5) is 14.0. The first-order valence-electron chi connectivity index (χ1n) is 11.8. The number of nitrogens with one attached hydrogen (secondary N) is 1. The number of benzene rings is 1. The maximum Gasteiger partial charge on any atom is 0.161 e. The Balaban J connectivity index is 1.74. The number of allylic oxidation sites excluding steroid dienone is 4. The lowest BCUT2D eigenvalue weighted by atomic mass is 9.93. The first kappa shape index (κ1) is 25.3. The van der Waals surface area contributed by atoms with Gasteiger partial charge in [0.25, 0.3) is 0 Å². The third kappa shape index (κ3) is 6.27. The summed E-state index contributed by atoms with van der Waals surface area (Å²) in [7, 11) is 3.86. The Labute approximate surface area is 215 Å². The van der Waals surface area contributed by atoms with Gasteiger partial charge in [0.2, 0.25) is 0 Å². The number of halogens is 1. The number of nitrogens with zero attached hydrogens (tertiary/aromatic N) is 4. The lowest BCUT2D eigenvalue weighted by molar-refractivity contribution is 0.126. The maximum absolute atomic E-state index is 9.95. The number of hydrogen-bond acceptors (Lipinski definition) is 6. The zero-order valence-electron chi connectivity index (χ0n) is 20.7. The summed E-state index contributed by atoms with van der Waals surface area (Å²) in [5, 5.41) is 13.6. The highest BCUT2D eigenvalue weighted by molar-refractivity contribution is 14.2. The molecule has 2 heterocycles. The van der Waals surface area contributed by atoms with E-state index in [4.69, 9.17) is 9.97 Å². The van der Waals surface area contributed by atoms with Crippen molar-refractivity contribution < 1.29 is 5.11 Å². The number of hydrogen-bond donors (Lipinski definition) is 2. The van der Waals surface area contributed by atoms with Gasteiger partial charge >= 0.3 is 0 Å². The maximum atomic E-state index is 9.95. The topological polar surface area (TPSA) is 73.6 Å². The third-order valence-electron chi connectivity index (χ3n) is 6.16. The van der Waals surface area contributed by atoms with Crippen molar-refractivity contribution in [2.45, 2.75) is 44.8 Å². The van der Waals surface area contributed by atoms with Crippen molar-refractivity contribution in [2.24, 2.45) is 4.99 Å². The zero-order chi connectivity index (χ0) is 24.9. The van der Waals surface area contributed by atoms with Crippen molar-refractivity contribution in [2.75, 3.05) is 19.4 Å². The van der Waals surface area contributed by atoms with Crippen LogP contribution in [0.4, 0.5) is 5.82 Å². The Kier molecular flexibility index (Phi) is 8.18. The minimum atomic E-state index is -1.43. The first-order chi connectivity index (χ1) is 16.8. The van der Waals surface area contributed by atoms with Gasteiger partial charge < -0.3 is 13.5 Å². The van der Waals surface area contributed by atoms with Gasteiger partial charge in [0.05, 0.1) is 6.10 Å². The Morgan fingerprint density at radius 3 is 2.66 bits per heavy atom. The molecular weight excluding hydrogens is 549 g/mol. The number of aliphatic hydroxyl groups excluding tert-OH is 1. The van der Waals surface area contributed by atoms with Gasteiger partial charge in [-0.15, -0.1) is 0 Å². The molecule has 1 fully saturated rings. The molecule has 1 aliphatic heterocycles. The third-order valence-corrected chi connectivity index (χ3v) is 9.79. The molecule has 1 aliphatic carbocycles. The van der Waals surface area contributed by atoms with Crippen LogP contribution in [0.15, 0.2) is 59.9 Å². The van der Waals surface area contributed by atoms with E-state index in [2.05, 4.69) is 66.0 Å². The molecule has 0 atom stereocenters. The van der Waals surface area contributed by atoms with Crippen molar-refractivity contribution >= 4 is 50.8 Å². The molecule has 1 saturated carbocycles. The van der Waals surface area contributed by atoms with Crippen LogP contribution in [-0.2, 0) is 0 Å². The van der Waals surface area contributed by atoms with E-state index in [1.54, 1.807) is 7.05 Å². The predicted molar refractivity (Wildman–Crippen MR) is 160 cm³/mol. The molecule has 0 radical (unpaired) electrons. The molecule has 0 saturated heterocycles. The van der Waals surface area contributed by atoms with Crippen LogP contribution in [0.3, 0.4) is 0 Å². The molecular formula is C28H34IN5O. The van der Waals surface area contributed by atoms with Crippen LogP contribution in [0.5, 0.6) is 0 Å². The molecule has 2 aliphatic rings. The summed E-state index contributed by atoms with van der Waals surface area (Å²) >= 11 is -1.43. The van der Waals surface area contributed by atoms with E-state index in [9.17, 15) is 5.11 Å². The lowest BCUT2D eigenvalue weighted by Gasteiger charge is -2.27. The lowest BCUT2D eigenvalue weighted by Crippen LogP contribution is -2.29. The van der Waals surface area contributed by atoms with E-state index in [0.717, 1.165) is 59.3 Å². The molecule has 4 rings (SSSR count). The van der Waals surface area contributed by atoms with E-state index in [-0.39, 0.29) is 12.1 Å². The van der Waals surface area contributed by atoms with Crippen LogP contribution in [0.25, 0.3) is 22.5 Å². The highest BCUT2D eigenvalue weighted by Gasteiger charge is 2.22. The summed E-state index contributed by atoms with van der Waals surface area (Å²) in [6.45, 7) is 6.00. The van der Waals surface area contributed by atoms with Crippen LogP contribution in [0.2, 0.25) is 0 Å². The minimum Gasteiger partial charge on any atom is -0.393 e. The highest BCUT2D eigenvalue weighted by atomic mass is 127. The van der Waals surface area contributed by atoms with E-state index >= 15 is 0 Å². The van der Waals surface area contributed by atoms with Crippen LogP contribution in [-0.4, -0.2) is 59.2 Å². The van der Waals surface area contributed by atoms with E-state index in [1.807, 2.05) is 25.4 Å². The van der Waals surface area contributed by atoms with Gasteiger partial charge in [-0.25, -0.2) is 9.97 Å². The highest BCUT2D eigenvalue weighted by Crippen LogP contribution is 2.32. The normalized spacial score (nSPS) is 21.2. The van der Waals surface area contributed by atoms with Gasteiger partial charge in [0.15, 0.2) is 5.82 Å². The summed E-state index contributed by atoms with van der Waals surface area (Å²) < 4.78 is 8.88. The molecule has 0 amide bonds. The second kappa shape index (κ2) is 11.3. The van der Waals surface area contributed by atoms with Crippen molar-refractivity contribution in [1.82, 2.24) is 13.1 Å². The molecule has 0 spiro atoms. The van der Waals surface area contributed by atoms with Crippen molar-refractivity contribution in [1.29, 1.82) is 0 Å². The number of aliphatic imine (C=N–C) groups is 1. The van der Waals surface area contributed by atoms with E-state index in [1.165, 1.54) is 5.57 Å². The summed E-state index contributed by atoms with van der Waals surface area (Å²) in [6, 6.07) is 8.64. The molecule has 2 aromatic rings. The van der Waals surface area contributed by atoms with Crippen LogP contribution in [0, 0.1) is 0 Å². The van der Waals surface area contributed by atoms with Crippen LogP contribution >= 0.6 is 19.1 Å². The predicted octanol–water partition coefficient (Wildman–Crippen LogP) is 5.46. The molecule has 35 heavy (non-hydrogen) atoms. The average Bonchev–Trinajstić information content (AvgIpc) is 3.18. The number of rotatable bonds is 7. The van der Waals surface area contributed by atoms with Crippen LogP contribution < -0.4 is 5.32 Å². The number of aromatic nitrogens is 2. The van der Waals surface area contributed by atoms with Crippen molar-refractivity contribution in [3.63, 3.8) is 0 Å². The Bertz CT molecular complexity index is 1280. The van der Waals surface area contributed by atoms with E-state index < -0.39 is 19.1 Å². The Hall–Kier alpha value is -2.78. The quantitative estimate of drug-likeness (QED) is 0.196. The van der Waals surface area contributed by atoms with E-state index in [0.29, 0.717) is 5.82 Å². The molecule has 2 N–H and O–H groups in total. The van der Waals surface area contributed by atoms with Gasteiger partial charge in [-0.2, -0.15) is 0 Å². The SMILES string of the molecule is C=C(C)/C=C(\C=NC)c1cnc(-c2cccc(C3=CN(C)I(=C)=C3)c2)nc1NC1CCC(O)CC1. The van der Waals surface area contributed by atoms with Crippen LogP contribution in [0.1, 0.15) is 43.7 Å². The van der Waals surface area contributed by atoms with Crippen molar-refractivity contribution in [3.05, 3.63) is 66.0 Å². The van der Waals surface area contributed by atoms with Gasteiger partial charge in [0, 0.05) is 61.0 Å². The summed E-state index contributed by atoms with van der Waals surface area (Å²) in [5.41, 5.74) is 6.09. The standard InChI is InChI=1S/C28H34IN5O/c1-19(2)13-22(16-30-4)26-17-31-27(33-28(26)32-24-9-11-25(35)12-10-24)21-8-6-7-20(14-21)23-15-29(3)34(5)18-23/h6-8,13-18,24-25,35H,1,3,9-12H2,2,4-5H3,(H,31,32,33)/b22-13+,30-16?. The fourth-order valence-corrected chi connectivity index (χ4v) is 6.71. The molecule has 6 nitrogen and oxygen atoms in total. The second-order valence-corrected chi connectivity index (χ2v) is 13.4. The molecule has 7 heteroatoms. The fourth-order valence-electron chi connectivity index (χ4n) is 4.32. The number of anilines is 1. The smallest absolute Gasteiger partial charge is 0.161 e. The molecule has 0 unspecified atom stereocenters. The largest absolute Gasteiger partial charge is 0.393 e. The summed E-state index contributed by atoms with van der Waals surface area (Å²) in [6.07, 6.45) is 11.1. The number of aliphatic hydroxyl groups is 1. The first-order valence-corrected chi connectivity index (χ1v) is 15.6. The molecule has 1 aromatic carbocycles. The minimum absolute atomic E-state index is 0.204. The molecule has 0 bridgehead atoms. The zero-order valence-corrected chi connectivity index (χ0v) is 22.9. The second-order valence-electron chi connectivity index (χ2n) is 9.11. The monoisotopic (exact) mass is 583 g/mol. The Morgan fingerprint density at radius 1 is 1.26 bits per heavy atom. The summed E-state index contributed by atoms with van der Waals surface area (Å²) in [5.74, 6) is 1.46. The van der Waals surface area contributed by atoms with Gasteiger partial charge in [-0.05, 0) is 48.2 Å². The molecule has 1 aromatic heterocycles. The Morgan fingerprint density at radius 2 is 2.00 bits per heavy atom. The van der Waals surface area contributed by atoms with Gasteiger partial charge in [0.1, 0.15) is 5.82 Å². The average molecular weight is 584 g/mol.